The first-order valence-electron chi connectivity index (χ1n) is 9.38. The molecular weight excluding hydrogens is 380 g/mol. The first-order valence-corrected chi connectivity index (χ1v) is 9.38. The Bertz CT molecular complexity index is 634. The number of amides is 2. The van der Waals surface area contributed by atoms with E-state index in [4.69, 9.17) is 19.9 Å². The quantitative estimate of drug-likeness (QED) is 0.281. The van der Waals surface area contributed by atoms with E-state index in [1.54, 1.807) is 24.3 Å². The molecule has 9 nitrogen and oxygen atoms in total. The van der Waals surface area contributed by atoms with Gasteiger partial charge in [0, 0.05) is 36.6 Å². The molecule has 9 heteroatoms. The Labute approximate surface area is 169 Å². The molecule has 1 rings (SSSR count). The lowest BCUT2D eigenvalue weighted by Gasteiger charge is -2.10. The predicted molar refractivity (Wildman–Crippen MR) is 105 cm³/mol. The van der Waals surface area contributed by atoms with Crippen LogP contribution in [0.4, 0.5) is 0 Å². The van der Waals surface area contributed by atoms with E-state index in [0.29, 0.717) is 70.0 Å². The lowest BCUT2D eigenvalue weighted by atomic mass is 10.0. The van der Waals surface area contributed by atoms with Gasteiger partial charge in [-0.05, 0) is 18.6 Å². The van der Waals surface area contributed by atoms with Crippen LogP contribution in [0.1, 0.15) is 33.6 Å². The van der Waals surface area contributed by atoms with Crippen molar-refractivity contribution in [2.75, 3.05) is 46.2 Å². The zero-order valence-electron chi connectivity index (χ0n) is 16.3. The summed E-state index contributed by atoms with van der Waals surface area (Å²) < 4.78 is 16.0. The second-order valence-corrected chi connectivity index (χ2v) is 6.12. The molecule has 160 valence electrons. The molecule has 0 aromatic heterocycles. The highest BCUT2D eigenvalue weighted by Crippen LogP contribution is 2.06. The molecule has 0 bridgehead atoms. The number of rotatable bonds is 17. The van der Waals surface area contributed by atoms with E-state index in [0.717, 1.165) is 6.29 Å². The fourth-order valence-corrected chi connectivity index (χ4v) is 2.31. The van der Waals surface area contributed by atoms with Crippen molar-refractivity contribution in [1.82, 2.24) is 5.32 Å². The van der Waals surface area contributed by atoms with Crippen LogP contribution in [-0.2, 0) is 23.8 Å². The van der Waals surface area contributed by atoms with Crippen LogP contribution in [0.3, 0.4) is 0 Å². The van der Waals surface area contributed by atoms with Crippen molar-refractivity contribution in [3.8, 4) is 0 Å². The molecule has 0 aliphatic heterocycles. The highest BCUT2D eigenvalue weighted by atomic mass is 16.5. The van der Waals surface area contributed by atoms with E-state index in [2.05, 4.69) is 5.32 Å². The summed E-state index contributed by atoms with van der Waals surface area (Å²) in [6, 6.07) is 6.35. The monoisotopic (exact) mass is 408 g/mol. The molecule has 0 heterocycles. The molecule has 0 aliphatic rings. The second kappa shape index (κ2) is 15.3. The largest absolute Gasteiger partial charge is 0.379 e. The second-order valence-electron chi connectivity index (χ2n) is 6.12. The molecule has 0 aliphatic carbocycles. The van der Waals surface area contributed by atoms with Crippen LogP contribution in [0.5, 0.6) is 0 Å². The van der Waals surface area contributed by atoms with Crippen molar-refractivity contribution in [2.24, 2.45) is 11.7 Å². The topological polar surface area (TPSA) is 134 Å². The van der Waals surface area contributed by atoms with Gasteiger partial charge >= 0.3 is 0 Å². The first-order chi connectivity index (χ1) is 14.1. The van der Waals surface area contributed by atoms with Crippen LogP contribution in [-0.4, -0.2) is 70.6 Å². The Balaban J connectivity index is 1.94. The van der Waals surface area contributed by atoms with Crippen LogP contribution in [0.25, 0.3) is 0 Å². The van der Waals surface area contributed by atoms with Gasteiger partial charge in [-0.2, -0.15) is 0 Å². The maximum Gasteiger partial charge on any atom is 0.251 e. The number of hydrogen-bond acceptors (Lipinski definition) is 7. The summed E-state index contributed by atoms with van der Waals surface area (Å²) in [6.07, 6.45) is 1.92. The molecule has 1 aromatic rings. The molecule has 0 fully saturated rings. The summed E-state index contributed by atoms with van der Waals surface area (Å²) >= 11 is 0. The number of nitrogens with one attached hydrogen (secondary N) is 1. The van der Waals surface area contributed by atoms with Crippen molar-refractivity contribution in [3.05, 3.63) is 35.4 Å². The predicted octanol–water partition coefficient (Wildman–Crippen LogP) is 0.359. The average molecular weight is 408 g/mol. The smallest absolute Gasteiger partial charge is 0.251 e. The third kappa shape index (κ3) is 11.1. The van der Waals surface area contributed by atoms with Gasteiger partial charge in [0.25, 0.3) is 5.91 Å². The Morgan fingerprint density at radius 2 is 1.52 bits per heavy atom. The molecule has 29 heavy (non-hydrogen) atoms. The Hall–Kier alpha value is -2.62. The van der Waals surface area contributed by atoms with Gasteiger partial charge in [-0.3, -0.25) is 14.4 Å². The zero-order chi connectivity index (χ0) is 21.3. The van der Waals surface area contributed by atoms with E-state index < -0.39 is 11.8 Å². The molecule has 0 spiro atoms. The zero-order valence-corrected chi connectivity index (χ0v) is 16.3. The van der Waals surface area contributed by atoms with Gasteiger partial charge < -0.3 is 30.1 Å². The fraction of sp³-hybridized carbons (Fsp3) is 0.500. The lowest BCUT2D eigenvalue weighted by molar-refractivity contribution is -0.124. The Morgan fingerprint density at radius 1 is 0.931 bits per heavy atom. The lowest BCUT2D eigenvalue weighted by Crippen LogP contribution is -2.27. The average Bonchev–Trinajstić information content (AvgIpc) is 2.73. The van der Waals surface area contributed by atoms with E-state index >= 15 is 0 Å². The highest BCUT2D eigenvalue weighted by molar-refractivity contribution is 5.94. The molecule has 0 saturated carbocycles. The van der Waals surface area contributed by atoms with Crippen molar-refractivity contribution in [2.45, 2.75) is 12.8 Å². The van der Waals surface area contributed by atoms with Crippen molar-refractivity contribution >= 4 is 24.4 Å². The summed E-state index contributed by atoms with van der Waals surface area (Å²) in [5, 5.41) is 2.72. The van der Waals surface area contributed by atoms with Crippen molar-refractivity contribution in [1.29, 1.82) is 0 Å². The number of carbonyl (C=O) groups excluding carboxylic acids is 4. The van der Waals surface area contributed by atoms with E-state index in [1.165, 1.54) is 0 Å². The standard InChI is InChI=1S/C20H28N2O7/c21-19(25)17(5-8-23)6-9-27-11-13-29-14-12-28-10-7-22-20(26)18-3-1-16(15-24)2-4-18/h1-4,8,15,17H,5-7,9-14H2,(H2,21,25)(H,22,26). The van der Waals surface area contributed by atoms with E-state index in [1.807, 2.05) is 0 Å². The number of aldehydes is 2. The molecule has 3 N–H and O–H groups in total. The third-order valence-electron chi connectivity index (χ3n) is 3.98. The normalized spacial score (nSPS) is 11.6. The van der Waals surface area contributed by atoms with Crippen LogP contribution >= 0.6 is 0 Å². The van der Waals surface area contributed by atoms with Crippen molar-refractivity contribution < 1.29 is 33.4 Å². The first kappa shape index (κ1) is 24.4. The summed E-state index contributed by atoms with van der Waals surface area (Å²) in [7, 11) is 0. The summed E-state index contributed by atoms with van der Waals surface area (Å²) in [4.78, 5) is 44.0. The molecule has 1 atom stereocenters. The van der Waals surface area contributed by atoms with Gasteiger partial charge in [0.1, 0.15) is 12.6 Å². The van der Waals surface area contributed by atoms with Gasteiger partial charge in [0.2, 0.25) is 5.91 Å². The molecule has 1 unspecified atom stereocenters. The van der Waals surface area contributed by atoms with Crippen LogP contribution < -0.4 is 11.1 Å². The number of hydrogen-bond donors (Lipinski definition) is 2. The fourth-order valence-electron chi connectivity index (χ4n) is 2.31. The van der Waals surface area contributed by atoms with Crippen LogP contribution in [0, 0.1) is 5.92 Å². The molecule has 1 aromatic carbocycles. The summed E-state index contributed by atoms with van der Waals surface area (Å²) in [6.45, 7) is 2.56. The molecule has 0 saturated heterocycles. The van der Waals surface area contributed by atoms with Crippen LogP contribution in [0.2, 0.25) is 0 Å². The number of ether oxygens (including phenoxy) is 3. The van der Waals surface area contributed by atoms with Gasteiger partial charge in [-0.25, -0.2) is 0 Å². The highest BCUT2D eigenvalue weighted by Gasteiger charge is 2.14. The Kier molecular flexibility index (Phi) is 12.9. The maximum atomic E-state index is 11.9. The van der Waals surface area contributed by atoms with Gasteiger partial charge in [-0.1, -0.05) is 12.1 Å². The van der Waals surface area contributed by atoms with Crippen LogP contribution in [0.15, 0.2) is 24.3 Å². The number of primary amides is 1. The molecular formula is C20H28N2O7. The minimum absolute atomic E-state index is 0.111. The van der Waals surface area contributed by atoms with Gasteiger partial charge in [0.15, 0.2) is 0 Å². The maximum absolute atomic E-state index is 11.9. The minimum atomic E-state index is -0.499. The third-order valence-corrected chi connectivity index (χ3v) is 3.98. The van der Waals surface area contributed by atoms with Gasteiger partial charge in [-0.15, -0.1) is 0 Å². The van der Waals surface area contributed by atoms with Crippen molar-refractivity contribution in [3.63, 3.8) is 0 Å². The number of carbonyl (C=O) groups is 4. The SMILES string of the molecule is NC(=O)C(CC=O)CCOCCOCCOCCNC(=O)c1ccc(C=O)cc1. The van der Waals surface area contributed by atoms with E-state index in [9.17, 15) is 19.2 Å². The number of benzene rings is 1. The minimum Gasteiger partial charge on any atom is -0.379 e. The number of nitrogens with two attached hydrogens (primary N) is 1. The molecule has 0 radical (unpaired) electrons. The van der Waals surface area contributed by atoms with Gasteiger partial charge in [0.05, 0.1) is 33.0 Å². The molecule has 2 amide bonds. The summed E-state index contributed by atoms with van der Waals surface area (Å²) in [5.74, 6) is -1.22. The summed E-state index contributed by atoms with van der Waals surface area (Å²) in [5.41, 5.74) is 6.18. The Morgan fingerprint density at radius 3 is 2.07 bits per heavy atom. The van der Waals surface area contributed by atoms with E-state index in [-0.39, 0.29) is 12.3 Å².